The van der Waals surface area contributed by atoms with Crippen LogP contribution in [0.2, 0.25) is 10.0 Å². The minimum absolute atomic E-state index is 0.155. The van der Waals surface area contributed by atoms with E-state index < -0.39 is 0 Å². The van der Waals surface area contributed by atoms with Crippen LogP contribution in [-0.2, 0) is 11.2 Å². The maximum Gasteiger partial charge on any atom is 0.224 e. The van der Waals surface area contributed by atoms with E-state index in [9.17, 15) is 4.79 Å². The Hall–Kier alpha value is -2.11. The number of hydrogen-bond donors (Lipinski definition) is 1. The van der Waals surface area contributed by atoms with E-state index in [1.54, 1.807) is 30.3 Å². The molecule has 140 valence electrons. The Kier molecular flexibility index (Phi) is 7.00. The quantitative estimate of drug-likeness (QED) is 0.749. The summed E-state index contributed by atoms with van der Waals surface area (Å²) in [6, 6.07) is 8.44. The first-order chi connectivity index (χ1) is 12.4. The first-order valence-corrected chi connectivity index (χ1v) is 8.68. The van der Waals surface area contributed by atoms with Gasteiger partial charge in [0.05, 0.1) is 33.8 Å². The average molecular weight is 398 g/mol. The van der Waals surface area contributed by atoms with Crippen LogP contribution in [0.4, 0.5) is 0 Å². The number of methoxy groups -OCH3 is 3. The van der Waals surface area contributed by atoms with Gasteiger partial charge in [-0.2, -0.15) is 0 Å². The number of rotatable bonds is 7. The van der Waals surface area contributed by atoms with Crippen LogP contribution in [0.5, 0.6) is 17.2 Å². The maximum atomic E-state index is 12.4. The van der Waals surface area contributed by atoms with E-state index in [1.807, 2.05) is 6.92 Å². The van der Waals surface area contributed by atoms with E-state index in [2.05, 4.69) is 5.32 Å². The Balaban J connectivity index is 2.14. The Bertz CT molecular complexity index is 770. The molecule has 0 saturated heterocycles. The molecular formula is C19H21Cl2NO4. The smallest absolute Gasteiger partial charge is 0.224 e. The topological polar surface area (TPSA) is 56.8 Å². The molecule has 1 unspecified atom stereocenters. The van der Waals surface area contributed by atoms with Gasteiger partial charge < -0.3 is 19.5 Å². The van der Waals surface area contributed by atoms with Gasteiger partial charge in [-0.05, 0) is 42.3 Å². The predicted octanol–water partition coefficient (Wildman–Crippen LogP) is 4.44. The van der Waals surface area contributed by atoms with Gasteiger partial charge in [0.25, 0.3) is 0 Å². The molecule has 26 heavy (non-hydrogen) atoms. The van der Waals surface area contributed by atoms with Gasteiger partial charge in [-0.1, -0.05) is 29.3 Å². The summed E-state index contributed by atoms with van der Waals surface area (Å²) in [5.74, 6) is 1.34. The Morgan fingerprint density at radius 1 is 1.04 bits per heavy atom. The standard InChI is InChI=1S/C19H21Cl2NO4/c1-11(14-6-5-13(20)10-15(14)21)22-18(23)9-12-7-16(24-2)19(26-4)17(8-12)25-3/h5-8,10-11H,9H2,1-4H3,(H,22,23). The number of nitrogens with one attached hydrogen (secondary N) is 1. The van der Waals surface area contributed by atoms with Crippen LogP contribution < -0.4 is 19.5 Å². The molecule has 1 atom stereocenters. The monoisotopic (exact) mass is 397 g/mol. The van der Waals surface area contributed by atoms with Crippen molar-refractivity contribution >= 4 is 29.1 Å². The van der Waals surface area contributed by atoms with Gasteiger partial charge in [0.1, 0.15) is 0 Å². The van der Waals surface area contributed by atoms with Gasteiger partial charge >= 0.3 is 0 Å². The van der Waals surface area contributed by atoms with Gasteiger partial charge in [0, 0.05) is 10.0 Å². The first kappa shape index (κ1) is 20.2. The van der Waals surface area contributed by atoms with Gasteiger partial charge in [-0.3, -0.25) is 4.79 Å². The molecule has 2 aromatic rings. The summed E-state index contributed by atoms with van der Waals surface area (Å²) in [4.78, 5) is 12.4. The number of ether oxygens (including phenoxy) is 3. The number of amides is 1. The minimum Gasteiger partial charge on any atom is -0.493 e. The molecule has 0 aliphatic carbocycles. The lowest BCUT2D eigenvalue weighted by molar-refractivity contribution is -0.121. The van der Waals surface area contributed by atoms with Crippen LogP contribution in [-0.4, -0.2) is 27.2 Å². The second-order valence-corrected chi connectivity index (χ2v) is 6.51. The zero-order valence-corrected chi connectivity index (χ0v) is 16.6. The molecule has 2 rings (SSSR count). The highest BCUT2D eigenvalue weighted by Crippen LogP contribution is 2.38. The highest BCUT2D eigenvalue weighted by Gasteiger charge is 2.17. The van der Waals surface area contributed by atoms with E-state index >= 15 is 0 Å². The summed E-state index contributed by atoms with van der Waals surface area (Å²) in [5, 5.41) is 3.99. The summed E-state index contributed by atoms with van der Waals surface area (Å²) in [6.45, 7) is 1.86. The maximum absolute atomic E-state index is 12.4. The largest absolute Gasteiger partial charge is 0.493 e. The molecule has 0 heterocycles. The molecular weight excluding hydrogens is 377 g/mol. The molecule has 1 N–H and O–H groups in total. The van der Waals surface area contributed by atoms with Crippen molar-refractivity contribution in [1.82, 2.24) is 5.32 Å². The number of halogens is 2. The van der Waals surface area contributed by atoms with Crippen molar-refractivity contribution in [3.8, 4) is 17.2 Å². The van der Waals surface area contributed by atoms with Crippen molar-refractivity contribution in [3.05, 3.63) is 51.5 Å². The molecule has 0 aliphatic rings. The Labute approximate surface area is 163 Å². The minimum atomic E-state index is -0.255. The number of hydrogen-bond acceptors (Lipinski definition) is 4. The van der Waals surface area contributed by atoms with Crippen molar-refractivity contribution in [2.24, 2.45) is 0 Å². The summed E-state index contributed by atoms with van der Waals surface area (Å²) in [7, 11) is 4.60. The summed E-state index contributed by atoms with van der Waals surface area (Å²) in [5.41, 5.74) is 1.54. The van der Waals surface area contributed by atoms with Crippen molar-refractivity contribution < 1.29 is 19.0 Å². The van der Waals surface area contributed by atoms with Gasteiger partial charge in [-0.25, -0.2) is 0 Å². The van der Waals surface area contributed by atoms with Gasteiger partial charge in [0.2, 0.25) is 11.7 Å². The fourth-order valence-corrected chi connectivity index (χ4v) is 3.22. The summed E-state index contributed by atoms with van der Waals surface area (Å²) < 4.78 is 15.9. The van der Waals surface area contributed by atoms with Crippen LogP contribution in [0, 0.1) is 0 Å². The third-order valence-corrected chi connectivity index (χ3v) is 4.46. The highest BCUT2D eigenvalue weighted by molar-refractivity contribution is 6.35. The Morgan fingerprint density at radius 2 is 1.65 bits per heavy atom. The molecule has 0 aliphatic heterocycles. The van der Waals surface area contributed by atoms with Crippen LogP contribution in [0.3, 0.4) is 0 Å². The van der Waals surface area contributed by atoms with E-state index in [0.717, 1.165) is 11.1 Å². The van der Waals surface area contributed by atoms with Gasteiger partial charge in [0.15, 0.2) is 11.5 Å². The van der Waals surface area contributed by atoms with E-state index in [0.29, 0.717) is 27.3 Å². The van der Waals surface area contributed by atoms with E-state index in [1.165, 1.54) is 21.3 Å². The molecule has 0 aromatic heterocycles. The fourth-order valence-electron chi connectivity index (χ4n) is 2.65. The molecule has 0 bridgehead atoms. The average Bonchev–Trinajstić information content (AvgIpc) is 2.60. The lowest BCUT2D eigenvalue weighted by atomic mass is 10.1. The highest BCUT2D eigenvalue weighted by atomic mass is 35.5. The number of carbonyl (C=O) groups is 1. The van der Waals surface area contributed by atoms with Crippen molar-refractivity contribution in [2.45, 2.75) is 19.4 Å². The van der Waals surface area contributed by atoms with E-state index in [-0.39, 0.29) is 18.4 Å². The molecule has 2 aromatic carbocycles. The van der Waals surface area contributed by atoms with Crippen LogP contribution in [0.15, 0.2) is 30.3 Å². The molecule has 0 fully saturated rings. The number of benzene rings is 2. The third kappa shape index (κ3) is 4.74. The van der Waals surface area contributed by atoms with E-state index in [4.69, 9.17) is 37.4 Å². The van der Waals surface area contributed by atoms with Gasteiger partial charge in [-0.15, -0.1) is 0 Å². The lowest BCUT2D eigenvalue weighted by Crippen LogP contribution is -2.28. The number of carbonyl (C=O) groups excluding carboxylic acids is 1. The fraction of sp³-hybridized carbons (Fsp3) is 0.316. The SMILES string of the molecule is COc1cc(CC(=O)NC(C)c2ccc(Cl)cc2Cl)cc(OC)c1OC. The van der Waals surface area contributed by atoms with Crippen LogP contribution in [0.25, 0.3) is 0 Å². The normalized spacial score (nSPS) is 11.6. The first-order valence-electron chi connectivity index (χ1n) is 7.92. The molecule has 0 spiro atoms. The molecule has 7 heteroatoms. The molecule has 1 amide bonds. The summed E-state index contributed by atoms with van der Waals surface area (Å²) >= 11 is 12.1. The zero-order valence-electron chi connectivity index (χ0n) is 15.1. The zero-order chi connectivity index (χ0) is 19.3. The van der Waals surface area contributed by atoms with Crippen molar-refractivity contribution in [3.63, 3.8) is 0 Å². The third-order valence-electron chi connectivity index (χ3n) is 3.90. The lowest BCUT2D eigenvalue weighted by Gasteiger charge is -2.17. The predicted molar refractivity (Wildman–Crippen MR) is 103 cm³/mol. The summed E-state index contributed by atoms with van der Waals surface area (Å²) in [6.07, 6.45) is 0.159. The molecule has 5 nitrogen and oxygen atoms in total. The second kappa shape index (κ2) is 9.01. The molecule has 0 radical (unpaired) electrons. The van der Waals surface area contributed by atoms with Crippen molar-refractivity contribution in [1.29, 1.82) is 0 Å². The second-order valence-electron chi connectivity index (χ2n) is 5.67. The van der Waals surface area contributed by atoms with Crippen LogP contribution in [0.1, 0.15) is 24.1 Å². The Morgan fingerprint density at radius 3 is 2.15 bits per heavy atom. The van der Waals surface area contributed by atoms with Crippen molar-refractivity contribution in [2.75, 3.05) is 21.3 Å². The molecule has 0 saturated carbocycles. The van der Waals surface area contributed by atoms with Crippen LogP contribution >= 0.6 is 23.2 Å².